The number of rotatable bonds is 9. The number of para-hydroxylation sites is 1. The minimum absolute atomic E-state index is 0.00395. The molecule has 166 valence electrons. The minimum Gasteiger partial charge on any atom is -0.445 e. The van der Waals surface area contributed by atoms with Crippen molar-refractivity contribution in [3.05, 3.63) is 78.0 Å². The van der Waals surface area contributed by atoms with Gasteiger partial charge in [-0.2, -0.15) is 0 Å². The summed E-state index contributed by atoms with van der Waals surface area (Å²) in [5.74, 6) is -1.54. The zero-order chi connectivity index (χ0) is 22.9. The Bertz CT molecular complexity index is 1090. The number of hydrogen-bond donors (Lipinski definition) is 4. The van der Waals surface area contributed by atoms with Crippen molar-refractivity contribution in [2.24, 2.45) is 5.73 Å². The fourth-order valence-electron chi connectivity index (χ4n) is 3.03. The smallest absolute Gasteiger partial charge is 0.408 e. The van der Waals surface area contributed by atoms with Crippen molar-refractivity contribution < 1.29 is 24.2 Å². The van der Waals surface area contributed by atoms with E-state index in [-0.39, 0.29) is 13.0 Å². The van der Waals surface area contributed by atoms with Crippen LogP contribution in [0.4, 0.5) is 4.79 Å². The molecule has 2 atom stereocenters. The Morgan fingerprint density at radius 3 is 2.38 bits per heavy atom. The fraction of sp³-hybridized carbons (Fsp3) is 0.217. The highest BCUT2D eigenvalue weighted by atomic mass is 16.5. The second-order valence-corrected chi connectivity index (χ2v) is 7.10. The Hall–Kier alpha value is -3.98. The number of nitrogens with zero attached hydrogens (tertiary/aromatic N) is 1. The molecule has 1 aromatic heterocycles. The SMILES string of the molecule is NC(=O)[C@@H](Cc1ccc2ccccc2n1)NC(=O)[C@H](CO)NC(=O)OCc1ccccc1. The lowest BCUT2D eigenvalue weighted by atomic mass is 10.1. The zero-order valence-corrected chi connectivity index (χ0v) is 17.2. The standard InChI is InChI=1S/C23H24N4O5/c24-21(29)19(12-17-11-10-16-8-4-5-9-18(16)25-17)26-22(30)20(13-28)27-23(31)32-14-15-6-2-1-3-7-15/h1-11,19-20,28H,12-14H2,(H2,24,29)(H,26,30)(H,27,31)/t19-,20+/m1/s1. The number of aliphatic hydroxyl groups excluding tert-OH is 1. The van der Waals surface area contributed by atoms with E-state index in [1.807, 2.05) is 36.4 Å². The van der Waals surface area contributed by atoms with Gasteiger partial charge in [0, 0.05) is 17.5 Å². The van der Waals surface area contributed by atoms with Crippen LogP contribution in [-0.2, 0) is 27.4 Å². The second-order valence-electron chi connectivity index (χ2n) is 7.10. The Morgan fingerprint density at radius 2 is 1.66 bits per heavy atom. The Kier molecular flexibility index (Phi) is 7.71. The summed E-state index contributed by atoms with van der Waals surface area (Å²) >= 11 is 0. The largest absolute Gasteiger partial charge is 0.445 e. The highest BCUT2D eigenvalue weighted by Crippen LogP contribution is 2.13. The van der Waals surface area contributed by atoms with Gasteiger partial charge < -0.3 is 26.2 Å². The number of primary amides is 1. The maximum absolute atomic E-state index is 12.5. The van der Waals surface area contributed by atoms with Crippen molar-refractivity contribution in [1.29, 1.82) is 0 Å². The van der Waals surface area contributed by atoms with Gasteiger partial charge in [-0.05, 0) is 17.7 Å². The number of benzene rings is 2. The number of nitrogens with two attached hydrogens (primary N) is 1. The summed E-state index contributed by atoms with van der Waals surface area (Å²) in [7, 11) is 0. The number of hydrogen-bond acceptors (Lipinski definition) is 6. The first-order valence-corrected chi connectivity index (χ1v) is 9.98. The fourth-order valence-corrected chi connectivity index (χ4v) is 3.03. The lowest BCUT2D eigenvalue weighted by molar-refractivity contribution is -0.129. The number of alkyl carbamates (subject to hydrolysis) is 1. The van der Waals surface area contributed by atoms with E-state index >= 15 is 0 Å². The molecule has 0 unspecified atom stereocenters. The van der Waals surface area contributed by atoms with Crippen LogP contribution in [0.25, 0.3) is 10.9 Å². The third-order valence-electron chi connectivity index (χ3n) is 4.73. The number of pyridine rings is 1. The number of aromatic nitrogens is 1. The minimum atomic E-state index is -1.32. The highest BCUT2D eigenvalue weighted by molar-refractivity contribution is 5.91. The van der Waals surface area contributed by atoms with Crippen LogP contribution >= 0.6 is 0 Å². The van der Waals surface area contributed by atoms with E-state index < -0.39 is 36.6 Å². The van der Waals surface area contributed by atoms with Crippen molar-refractivity contribution >= 4 is 28.8 Å². The molecule has 0 saturated carbocycles. The van der Waals surface area contributed by atoms with Crippen LogP contribution < -0.4 is 16.4 Å². The third kappa shape index (κ3) is 6.26. The summed E-state index contributed by atoms with van der Waals surface area (Å²) in [5.41, 5.74) is 7.52. The van der Waals surface area contributed by atoms with Crippen LogP contribution in [0.2, 0.25) is 0 Å². The molecule has 0 saturated heterocycles. The van der Waals surface area contributed by atoms with Crippen molar-refractivity contribution in [1.82, 2.24) is 15.6 Å². The summed E-state index contributed by atoms with van der Waals surface area (Å²) < 4.78 is 5.06. The van der Waals surface area contributed by atoms with E-state index in [0.29, 0.717) is 5.69 Å². The molecule has 9 heteroatoms. The van der Waals surface area contributed by atoms with Gasteiger partial charge >= 0.3 is 6.09 Å². The van der Waals surface area contributed by atoms with Gasteiger partial charge in [0.05, 0.1) is 12.1 Å². The number of carbonyl (C=O) groups is 3. The van der Waals surface area contributed by atoms with Crippen molar-refractivity contribution in [2.45, 2.75) is 25.1 Å². The maximum Gasteiger partial charge on any atom is 0.408 e. The quantitative estimate of drug-likeness (QED) is 0.395. The lowest BCUT2D eigenvalue weighted by Crippen LogP contribution is -2.55. The molecule has 2 aromatic carbocycles. The van der Waals surface area contributed by atoms with Crippen LogP contribution in [0.15, 0.2) is 66.7 Å². The number of ether oxygens (including phenoxy) is 1. The molecule has 0 fully saturated rings. The summed E-state index contributed by atoms with van der Waals surface area (Å²) in [5, 5.41) is 15.2. The predicted octanol–water partition coefficient (Wildman–Crippen LogP) is 1.03. The Morgan fingerprint density at radius 1 is 0.938 bits per heavy atom. The van der Waals surface area contributed by atoms with Gasteiger partial charge in [0.25, 0.3) is 0 Å². The molecule has 3 amide bonds. The molecule has 0 radical (unpaired) electrons. The normalized spacial score (nSPS) is 12.5. The first-order valence-electron chi connectivity index (χ1n) is 9.98. The molecule has 3 aromatic rings. The van der Waals surface area contributed by atoms with Crippen LogP contribution in [0, 0.1) is 0 Å². The molecular weight excluding hydrogens is 412 g/mol. The van der Waals surface area contributed by atoms with Gasteiger partial charge in [-0.3, -0.25) is 14.6 Å². The van der Waals surface area contributed by atoms with E-state index in [2.05, 4.69) is 15.6 Å². The van der Waals surface area contributed by atoms with E-state index in [0.717, 1.165) is 16.5 Å². The molecule has 0 aliphatic carbocycles. The average Bonchev–Trinajstić information content (AvgIpc) is 2.81. The maximum atomic E-state index is 12.5. The highest BCUT2D eigenvalue weighted by Gasteiger charge is 2.26. The monoisotopic (exact) mass is 436 g/mol. The van der Waals surface area contributed by atoms with E-state index in [1.54, 1.807) is 30.3 Å². The first kappa shape index (κ1) is 22.7. The molecular formula is C23H24N4O5. The Labute approximate surface area is 184 Å². The topological polar surface area (TPSA) is 144 Å². The summed E-state index contributed by atoms with van der Waals surface area (Å²) in [6.07, 6.45) is -0.822. The number of nitrogens with one attached hydrogen (secondary N) is 2. The molecule has 0 aliphatic rings. The van der Waals surface area contributed by atoms with Crippen LogP contribution in [0.3, 0.4) is 0 Å². The van der Waals surface area contributed by atoms with E-state index in [1.165, 1.54) is 0 Å². The van der Waals surface area contributed by atoms with Crippen LogP contribution in [0.1, 0.15) is 11.3 Å². The number of carbonyl (C=O) groups excluding carboxylic acids is 3. The molecule has 3 rings (SSSR count). The van der Waals surface area contributed by atoms with Crippen molar-refractivity contribution in [3.63, 3.8) is 0 Å². The number of aliphatic hydroxyl groups is 1. The van der Waals surface area contributed by atoms with Gasteiger partial charge in [-0.15, -0.1) is 0 Å². The molecule has 0 bridgehead atoms. The third-order valence-corrected chi connectivity index (χ3v) is 4.73. The van der Waals surface area contributed by atoms with Crippen LogP contribution in [-0.4, -0.2) is 46.7 Å². The van der Waals surface area contributed by atoms with Gasteiger partial charge in [-0.25, -0.2) is 4.79 Å². The van der Waals surface area contributed by atoms with Gasteiger partial charge in [0.15, 0.2) is 0 Å². The lowest BCUT2D eigenvalue weighted by Gasteiger charge is -2.20. The molecule has 1 heterocycles. The number of fused-ring (bicyclic) bond motifs is 1. The molecule has 5 N–H and O–H groups in total. The average molecular weight is 436 g/mol. The molecule has 9 nitrogen and oxygen atoms in total. The van der Waals surface area contributed by atoms with E-state index in [9.17, 15) is 19.5 Å². The molecule has 32 heavy (non-hydrogen) atoms. The Balaban J connectivity index is 1.59. The van der Waals surface area contributed by atoms with Gasteiger partial charge in [0.2, 0.25) is 11.8 Å². The molecule has 0 spiro atoms. The summed E-state index contributed by atoms with van der Waals surface area (Å²) in [6, 6.07) is 17.7. The second kappa shape index (κ2) is 10.9. The van der Waals surface area contributed by atoms with Crippen LogP contribution in [0.5, 0.6) is 0 Å². The van der Waals surface area contributed by atoms with Gasteiger partial charge in [-0.1, -0.05) is 54.6 Å². The number of amides is 3. The zero-order valence-electron chi connectivity index (χ0n) is 17.2. The van der Waals surface area contributed by atoms with E-state index in [4.69, 9.17) is 10.5 Å². The van der Waals surface area contributed by atoms with Crippen molar-refractivity contribution in [2.75, 3.05) is 6.61 Å². The summed E-state index contributed by atoms with van der Waals surface area (Å²) in [4.78, 5) is 40.9. The van der Waals surface area contributed by atoms with Gasteiger partial charge in [0.1, 0.15) is 18.7 Å². The first-order chi connectivity index (χ1) is 15.5. The predicted molar refractivity (Wildman–Crippen MR) is 117 cm³/mol. The molecule has 0 aliphatic heterocycles. The van der Waals surface area contributed by atoms with Crippen molar-refractivity contribution in [3.8, 4) is 0 Å². The summed E-state index contributed by atoms with van der Waals surface area (Å²) in [6.45, 7) is -0.685.